The predicted molar refractivity (Wildman–Crippen MR) is 450 cm³/mol. The van der Waals surface area contributed by atoms with E-state index < -0.39 is 20.8 Å². The van der Waals surface area contributed by atoms with Gasteiger partial charge in [-0.05, 0) is 198 Å². The van der Waals surface area contributed by atoms with Crippen LogP contribution in [0.15, 0.2) is 183 Å². The molecule has 3 atom stereocenters. The van der Waals surface area contributed by atoms with Gasteiger partial charge in [0.15, 0.2) is 12.4 Å². The molecule has 8 heteroatoms. The van der Waals surface area contributed by atoms with Crippen LogP contribution < -0.4 is 28.7 Å². The molecule has 3 aliphatic rings. The van der Waals surface area contributed by atoms with Crippen LogP contribution in [0.5, 0.6) is 0 Å². The van der Waals surface area contributed by atoms with Gasteiger partial charge in [-0.15, -0.1) is 0 Å². The van der Waals surface area contributed by atoms with Crippen molar-refractivity contribution in [3.8, 4) is 22.5 Å². The maximum Gasteiger partial charge on any atom is 0.212 e. The van der Waals surface area contributed by atoms with E-state index in [4.69, 9.17) is 12.3 Å². The van der Waals surface area contributed by atoms with Crippen molar-refractivity contribution in [1.82, 2.24) is 9.80 Å². The Balaban J connectivity index is 0.000000469. The molecule has 0 aliphatic carbocycles. The third kappa shape index (κ3) is 20.2. The fraction of sp³-hybridized carbons (Fsp3) is 0.462. The summed E-state index contributed by atoms with van der Waals surface area (Å²) in [5.41, 5.74) is 23.9. The predicted octanol–water partition coefficient (Wildman–Crippen LogP) is 24.6. The fourth-order valence-corrected chi connectivity index (χ4v) is 12.8. The van der Waals surface area contributed by atoms with Crippen LogP contribution in [0.3, 0.4) is 0 Å². The van der Waals surface area contributed by atoms with Crippen LogP contribution in [0.4, 0.5) is 28.4 Å². The van der Waals surface area contributed by atoms with Crippen LogP contribution in [-0.2, 0) is 35.8 Å². The van der Waals surface area contributed by atoms with E-state index in [9.17, 15) is 0 Å². The molecule has 8 aromatic rings. The van der Waals surface area contributed by atoms with Crippen molar-refractivity contribution >= 4 is 28.4 Å². The van der Waals surface area contributed by atoms with E-state index in [0.717, 1.165) is 76.4 Å². The Morgan fingerprint density at radius 1 is 0.376 bits per heavy atom. The summed E-state index contributed by atoms with van der Waals surface area (Å²) in [7, 11) is 6.37. The van der Waals surface area contributed by atoms with Crippen molar-refractivity contribution in [3.05, 3.63) is 244 Å². The van der Waals surface area contributed by atoms with E-state index in [1.807, 2.05) is 125 Å². The van der Waals surface area contributed by atoms with Gasteiger partial charge in [0.25, 0.3) is 0 Å². The van der Waals surface area contributed by atoms with E-state index in [1.54, 1.807) is 18.3 Å². The first kappa shape index (κ1) is 74.1. The number of rotatable bonds is 13. The lowest BCUT2D eigenvalue weighted by Crippen LogP contribution is -2.37. The van der Waals surface area contributed by atoms with Gasteiger partial charge in [-0.2, -0.15) is 0 Å². The number of para-hydroxylation sites is 5. The number of hydrogen-bond acceptors (Lipinski definition) is 6. The van der Waals surface area contributed by atoms with Gasteiger partial charge < -0.3 is 29.4 Å². The first-order chi connectivity index (χ1) is 48.8. The maximum absolute atomic E-state index is 7.83. The molecule has 0 saturated heterocycles. The molecule has 101 heavy (non-hydrogen) atoms. The molecule has 3 aliphatic heterocycles. The maximum atomic E-state index is 7.83. The molecule has 0 N–H and O–H groups in total. The monoisotopic (exact) mass is 1380 g/mol. The first-order valence-corrected chi connectivity index (χ1v) is 34.9. The highest BCUT2D eigenvalue weighted by Crippen LogP contribution is 2.45. The molecule has 5 heterocycles. The Morgan fingerprint density at radius 2 is 0.723 bits per heavy atom. The van der Waals surface area contributed by atoms with Crippen LogP contribution in [-0.4, -0.2) is 49.3 Å². The summed E-state index contributed by atoms with van der Waals surface area (Å²) in [6.07, 6.45) is 16.7. The summed E-state index contributed by atoms with van der Waals surface area (Å²) < 4.78 is 73.4. The minimum absolute atomic E-state index is 0. The molecule has 0 bridgehead atoms. The second-order valence-corrected chi connectivity index (χ2v) is 29.5. The van der Waals surface area contributed by atoms with Crippen LogP contribution in [0.2, 0.25) is 0 Å². The van der Waals surface area contributed by atoms with Crippen LogP contribution in [0.1, 0.15) is 240 Å². The Bertz CT molecular complexity index is 4350. The number of anilines is 5. The fourth-order valence-electron chi connectivity index (χ4n) is 12.8. The van der Waals surface area contributed by atoms with Crippen LogP contribution in [0.25, 0.3) is 22.5 Å². The summed E-state index contributed by atoms with van der Waals surface area (Å²) in [5, 5.41) is 0. The molecule has 3 unspecified atom stereocenters. The summed E-state index contributed by atoms with van der Waals surface area (Å²) in [5.74, 6) is 0. The van der Waals surface area contributed by atoms with Gasteiger partial charge in [0.1, 0.15) is 32.6 Å². The molecule has 6 aromatic carbocycles. The largest absolute Gasteiger partial charge is 0.359 e. The highest BCUT2D eigenvalue weighted by molar-refractivity contribution is 5.84. The van der Waals surface area contributed by atoms with E-state index in [-0.39, 0.29) is 71.1 Å². The van der Waals surface area contributed by atoms with Gasteiger partial charge in [0, 0.05) is 110 Å². The minimum Gasteiger partial charge on any atom is -0.359 e. The lowest BCUT2D eigenvalue weighted by atomic mass is 9.71. The van der Waals surface area contributed by atoms with Crippen molar-refractivity contribution in [2.75, 3.05) is 40.6 Å². The summed E-state index contributed by atoms with van der Waals surface area (Å²) >= 11 is 0. The number of benzene rings is 6. The molecular weight excluding hydrogens is 1230 g/mol. The van der Waals surface area contributed by atoms with Crippen molar-refractivity contribution in [2.24, 2.45) is 14.1 Å². The van der Waals surface area contributed by atoms with Crippen molar-refractivity contribution in [2.45, 2.75) is 255 Å². The Labute approximate surface area is 633 Å². The van der Waals surface area contributed by atoms with E-state index in [2.05, 4.69) is 235 Å². The Hall–Kier alpha value is -8.10. The zero-order valence-electron chi connectivity index (χ0n) is 72.0. The van der Waals surface area contributed by atoms with E-state index in [0.29, 0.717) is 11.7 Å². The topological polar surface area (TPSA) is 27.2 Å². The zero-order chi connectivity index (χ0) is 78.4. The van der Waals surface area contributed by atoms with Crippen molar-refractivity contribution < 1.29 is 21.5 Å². The number of hydrogen-bond donors (Lipinski definition) is 0. The number of pyridine rings is 2. The third-order valence-corrected chi connectivity index (χ3v) is 21.1. The highest BCUT2D eigenvalue weighted by Gasteiger charge is 2.36. The first-order valence-electron chi connectivity index (χ1n) is 39.4. The Kier molecular flexibility index (Phi) is 27.3. The van der Waals surface area contributed by atoms with E-state index >= 15 is 0 Å². The molecule has 0 spiro atoms. The summed E-state index contributed by atoms with van der Waals surface area (Å²) in [6.45, 7) is 40.1. The molecule has 0 saturated carbocycles. The van der Waals surface area contributed by atoms with Gasteiger partial charge in [0.05, 0.1) is 11.4 Å². The van der Waals surface area contributed by atoms with Gasteiger partial charge in [-0.3, -0.25) is 0 Å². The van der Waals surface area contributed by atoms with Crippen molar-refractivity contribution in [1.29, 1.82) is 0 Å². The normalized spacial score (nSPS) is 16.8. The number of aryl methyl sites for hydroxylation is 9. The zero-order valence-corrected chi connectivity index (χ0v) is 63.0. The smallest absolute Gasteiger partial charge is 0.212 e. The molecule has 0 amide bonds. The minimum atomic E-state index is -2.16. The highest BCUT2D eigenvalue weighted by atomic mass is 15.4. The van der Waals surface area contributed by atoms with Gasteiger partial charge >= 0.3 is 0 Å². The quantitative estimate of drug-likeness (QED) is 0.107. The second kappa shape index (κ2) is 37.2. The van der Waals surface area contributed by atoms with Crippen LogP contribution in [0, 0.1) is 48.4 Å². The molecule has 0 radical (unpaired) electrons. The summed E-state index contributed by atoms with van der Waals surface area (Å²) in [4.78, 5) is 11.5. The third-order valence-electron chi connectivity index (χ3n) is 21.1. The van der Waals surface area contributed by atoms with Crippen molar-refractivity contribution in [3.63, 3.8) is 0 Å². The standard InChI is InChI=1S/2C24H36N.C16H18N2.2C12H16N2.5CH4/c2*1-10-23(5,6)20-15-22(19-13-12-17(3)14-18(19)4)25(9)16-21(20)24(7,8)11-2;1-12-8-4-5-9-14(12)18-13(2)17(3)15-10-6-7-11-16(15)18;2*1-10-6-4-5-7-12(10)14-9-8-13(3)11(14)2;;;;;/h2*12-16H,10-11H2,1-9H3;4-11,13H,1-3H3;2*4-9,11H,1-3H3;5*1H4/q2*+1;;;;;;;;/i3D3;;2*3D3;;;;;;. The number of nitrogens with zero attached hydrogens (tertiary/aromatic N) is 8. The number of aromatic nitrogens is 2. The Morgan fingerprint density at radius 3 is 1.08 bits per heavy atom. The molecule has 11 rings (SSSR count). The van der Waals surface area contributed by atoms with Crippen LogP contribution >= 0.6 is 0 Å². The average Bonchev–Trinajstić information content (AvgIpc) is 1.41. The van der Waals surface area contributed by atoms with Gasteiger partial charge in [-0.1, -0.05) is 222 Å². The molecule has 2 aromatic heterocycles. The molecule has 0 fully saturated rings. The van der Waals surface area contributed by atoms with Gasteiger partial charge in [-0.25, -0.2) is 9.13 Å². The lowest BCUT2D eigenvalue weighted by Gasteiger charge is -2.32. The number of fused-ring (bicyclic) bond motifs is 1. The summed E-state index contributed by atoms with van der Waals surface area (Å²) in [6, 6.07) is 49.2. The SMILES string of the molecule is C.C.C.C.C.CCC(C)(C)c1cc(-c2ccc(C)cc2C)[n+](C)cc1C(C)(C)CC.Cc1ccccc1N1C=CN(C)C1C.[2H]C([2H])([2H])N1C=CN(c2ccccc2C)C1C.[2H]C([2H])([2H])N1c2ccccc2N(c2ccccc2C)C1C.[2H]C([2H])([2H])c1ccc(-c2cc(C(C)(C)CC)c(C(C)(C)CC)c[n+]2C)c(C)c1. The molecule has 8 nitrogen and oxygen atoms in total. The van der Waals surface area contributed by atoms with Gasteiger partial charge in [0.2, 0.25) is 11.4 Å². The molecular formula is C93H142N8+2. The second-order valence-electron chi connectivity index (χ2n) is 29.5. The van der Waals surface area contributed by atoms with E-state index in [1.165, 1.54) is 65.7 Å². The lowest BCUT2D eigenvalue weighted by molar-refractivity contribution is -0.661. The average molecular weight is 1380 g/mol. The molecule has 552 valence electrons.